The Kier molecular flexibility index (Phi) is 29.2. The molecule has 0 spiro atoms. The van der Waals surface area contributed by atoms with E-state index < -0.39 is 46.3 Å². The van der Waals surface area contributed by atoms with Gasteiger partial charge in [-0.3, -0.25) is 18.5 Å². The quantitative estimate of drug-likeness (QED) is 0.0393. The molecule has 1 aliphatic heterocycles. The van der Waals surface area contributed by atoms with Crippen molar-refractivity contribution in [3.63, 3.8) is 0 Å². The fourth-order valence-corrected chi connectivity index (χ4v) is 7.76. The summed E-state index contributed by atoms with van der Waals surface area (Å²) < 4.78 is 54.9. The Bertz CT molecular complexity index is 1280. The van der Waals surface area contributed by atoms with Crippen LogP contribution in [0.15, 0.2) is 15.8 Å². The average molecular weight is 815 g/mol. The Balaban J connectivity index is 1.81. The fourth-order valence-electron chi connectivity index (χ4n) is 7.38. The lowest BCUT2D eigenvalue weighted by molar-refractivity contribution is -0.309. The normalized spacial score (nSPS) is 17.4. The van der Waals surface area contributed by atoms with Gasteiger partial charge in [0.05, 0.1) is 32.2 Å². The number of hydrogen-bond donors (Lipinski definition) is 1. The molecule has 56 heavy (non-hydrogen) atoms. The van der Waals surface area contributed by atoms with E-state index in [-0.39, 0.29) is 13.0 Å². The van der Waals surface area contributed by atoms with Crippen LogP contribution in [0.4, 0.5) is 0 Å². The van der Waals surface area contributed by atoms with Crippen LogP contribution in [0.2, 0.25) is 0 Å². The Hall–Kier alpha value is -1.57. The highest BCUT2D eigenvalue weighted by atomic mass is 32.2. The molecule has 1 aliphatic rings. The van der Waals surface area contributed by atoms with Crippen LogP contribution in [0.5, 0.6) is 0 Å². The molecule has 328 valence electrons. The number of hydrogen-bond acceptors (Lipinski definition) is 9. The summed E-state index contributed by atoms with van der Waals surface area (Å²) in [7, 11) is -3.76. The smallest absolute Gasteiger partial charge is 0.330 e. The molecule has 2 heterocycles. The van der Waals surface area contributed by atoms with Crippen molar-refractivity contribution < 1.29 is 31.5 Å². The first-order chi connectivity index (χ1) is 27.1. The third-order valence-corrected chi connectivity index (χ3v) is 11.4. The molecule has 1 aromatic rings. The summed E-state index contributed by atoms with van der Waals surface area (Å²) >= 11 is 0. The molecule has 0 amide bonds. The van der Waals surface area contributed by atoms with Gasteiger partial charge in [0.25, 0.3) is 22.2 Å². The van der Waals surface area contributed by atoms with Gasteiger partial charge in [0, 0.05) is 18.2 Å². The van der Waals surface area contributed by atoms with Crippen LogP contribution in [-0.2, 0) is 33.2 Å². The second-order valence-corrected chi connectivity index (χ2v) is 17.9. The highest BCUT2D eigenvalue weighted by molar-refractivity contribution is 7.85. The standard InChI is InChI=1S/C44H82N2O9S/c1-5-7-9-11-13-15-17-19-21-23-25-27-29-31-33-51-44(52-34-32-30-28-26-24-22-20-18-16-14-12-10-8-6-2)55-39-35-41(54-40(39)37-53-56(4,49)50)46-36-38(3)42(47)45-43(46)48/h36,39-41,44H,5-35,37H2,1-4H3,(H,45,47,48)/t39?,40-,41-/m1/s1. The second-order valence-electron chi connectivity index (χ2n) is 16.2. The number of ether oxygens (including phenoxy) is 4. The fraction of sp³-hybridized carbons (Fsp3) is 0.909. The third-order valence-electron chi connectivity index (χ3n) is 10.9. The highest BCUT2D eigenvalue weighted by Crippen LogP contribution is 2.32. The predicted octanol–water partition coefficient (Wildman–Crippen LogP) is 10.8. The molecule has 1 unspecified atom stereocenters. The van der Waals surface area contributed by atoms with E-state index in [0.29, 0.717) is 18.8 Å². The van der Waals surface area contributed by atoms with E-state index in [1.165, 1.54) is 165 Å². The van der Waals surface area contributed by atoms with E-state index in [4.69, 9.17) is 23.1 Å². The van der Waals surface area contributed by atoms with Gasteiger partial charge in [-0.1, -0.05) is 181 Å². The molecule has 11 nitrogen and oxygen atoms in total. The summed E-state index contributed by atoms with van der Waals surface area (Å²) in [6.07, 6.45) is 36.0. The maximum atomic E-state index is 12.7. The van der Waals surface area contributed by atoms with Crippen molar-refractivity contribution in [2.24, 2.45) is 0 Å². The lowest BCUT2D eigenvalue weighted by Crippen LogP contribution is -2.35. The molecule has 1 saturated heterocycles. The first kappa shape index (κ1) is 50.6. The average Bonchev–Trinajstić information content (AvgIpc) is 3.56. The second kappa shape index (κ2) is 32.3. The summed E-state index contributed by atoms with van der Waals surface area (Å²) in [5.41, 5.74) is -0.732. The maximum Gasteiger partial charge on any atom is 0.330 e. The van der Waals surface area contributed by atoms with Gasteiger partial charge in [-0.25, -0.2) is 4.79 Å². The lowest BCUT2D eigenvalue weighted by atomic mass is 10.0. The molecule has 0 saturated carbocycles. The zero-order chi connectivity index (χ0) is 40.7. The van der Waals surface area contributed by atoms with Gasteiger partial charge in [-0.05, 0) is 19.8 Å². The molecule has 3 atom stereocenters. The van der Waals surface area contributed by atoms with Gasteiger partial charge in [-0.2, -0.15) is 8.42 Å². The monoisotopic (exact) mass is 815 g/mol. The molecule has 1 fully saturated rings. The van der Waals surface area contributed by atoms with E-state index in [9.17, 15) is 18.0 Å². The van der Waals surface area contributed by atoms with Gasteiger partial charge >= 0.3 is 5.69 Å². The lowest BCUT2D eigenvalue weighted by Gasteiger charge is -2.25. The summed E-state index contributed by atoms with van der Waals surface area (Å²) in [5, 5.41) is 0. The molecular weight excluding hydrogens is 733 g/mol. The summed E-state index contributed by atoms with van der Waals surface area (Å²) in [6.45, 7) is 5.82. The minimum atomic E-state index is -3.76. The minimum Gasteiger partial charge on any atom is -0.349 e. The Labute approximate surface area is 340 Å². The van der Waals surface area contributed by atoms with E-state index in [2.05, 4.69) is 18.8 Å². The number of aromatic nitrogens is 2. The van der Waals surface area contributed by atoms with E-state index in [1.54, 1.807) is 6.92 Å². The van der Waals surface area contributed by atoms with E-state index >= 15 is 0 Å². The molecule has 2 rings (SSSR count). The van der Waals surface area contributed by atoms with Crippen LogP contribution >= 0.6 is 0 Å². The summed E-state index contributed by atoms with van der Waals surface area (Å²) in [5.74, 6) is 0. The molecule has 0 aliphatic carbocycles. The SMILES string of the molecule is CCCCCCCCCCCCCCCCOC(OCCCCCCCCCCCCCCCC)OC1C[C@H](n2cc(C)c(=O)[nH]c2=O)O[C@@H]1COS(C)(=O)=O. The van der Waals surface area contributed by atoms with Crippen molar-refractivity contribution in [3.8, 4) is 0 Å². The number of H-pyrrole nitrogens is 1. The van der Waals surface area contributed by atoms with Gasteiger partial charge in [0.15, 0.2) is 0 Å². The number of nitrogens with one attached hydrogen (secondary N) is 1. The topological polar surface area (TPSA) is 135 Å². The number of aromatic amines is 1. The van der Waals surface area contributed by atoms with E-state index in [0.717, 1.165) is 31.9 Å². The van der Waals surface area contributed by atoms with Crippen LogP contribution in [0, 0.1) is 6.92 Å². The van der Waals surface area contributed by atoms with E-state index in [1.807, 2.05) is 0 Å². The zero-order valence-electron chi connectivity index (χ0n) is 36.0. The largest absolute Gasteiger partial charge is 0.349 e. The van der Waals surface area contributed by atoms with Crippen LogP contribution < -0.4 is 11.2 Å². The predicted molar refractivity (Wildman–Crippen MR) is 227 cm³/mol. The van der Waals surface area contributed by atoms with Crippen LogP contribution in [0.3, 0.4) is 0 Å². The first-order valence-electron chi connectivity index (χ1n) is 22.8. The van der Waals surface area contributed by atoms with Crippen molar-refractivity contribution in [2.75, 3.05) is 26.1 Å². The van der Waals surface area contributed by atoms with Crippen molar-refractivity contribution in [3.05, 3.63) is 32.6 Å². The Morgan fingerprint density at radius 2 is 1.07 bits per heavy atom. The molecule has 1 N–H and O–H groups in total. The number of aryl methyl sites for hydroxylation is 1. The van der Waals surface area contributed by atoms with Crippen LogP contribution in [0.25, 0.3) is 0 Å². The molecular formula is C44H82N2O9S. The molecule has 1 aromatic heterocycles. The maximum absolute atomic E-state index is 12.7. The molecule has 12 heteroatoms. The number of unbranched alkanes of at least 4 members (excludes halogenated alkanes) is 26. The molecule has 0 aromatic carbocycles. The van der Waals surface area contributed by atoms with Gasteiger partial charge in [-0.15, -0.1) is 0 Å². The van der Waals surface area contributed by atoms with Gasteiger partial charge < -0.3 is 18.9 Å². The Morgan fingerprint density at radius 1 is 0.679 bits per heavy atom. The minimum absolute atomic E-state index is 0.212. The molecule has 0 bridgehead atoms. The van der Waals surface area contributed by atoms with Crippen molar-refractivity contribution in [1.29, 1.82) is 0 Å². The summed E-state index contributed by atoms with van der Waals surface area (Å²) in [6, 6.07) is 0. The highest BCUT2D eigenvalue weighted by Gasteiger charge is 2.40. The van der Waals surface area contributed by atoms with Crippen LogP contribution in [-0.4, -0.2) is 62.7 Å². The van der Waals surface area contributed by atoms with Gasteiger partial charge in [0.1, 0.15) is 12.3 Å². The third kappa shape index (κ3) is 25.0. The first-order valence-corrected chi connectivity index (χ1v) is 24.7. The van der Waals surface area contributed by atoms with Gasteiger partial charge in [0.2, 0.25) is 0 Å². The summed E-state index contributed by atoms with van der Waals surface area (Å²) in [4.78, 5) is 27.0. The molecule has 0 radical (unpaired) electrons. The number of nitrogens with zero attached hydrogens (tertiary/aromatic N) is 1. The van der Waals surface area contributed by atoms with Crippen LogP contribution in [0.1, 0.15) is 212 Å². The Morgan fingerprint density at radius 3 is 1.46 bits per heavy atom. The number of rotatable bonds is 38. The van der Waals surface area contributed by atoms with Crippen molar-refractivity contribution in [1.82, 2.24) is 9.55 Å². The van der Waals surface area contributed by atoms with Crippen molar-refractivity contribution >= 4 is 10.1 Å². The van der Waals surface area contributed by atoms with Crippen molar-refractivity contribution in [2.45, 2.75) is 232 Å². The zero-order valence-corrected chi connectivity index (χ0v) is 36.9.